The van der Waals surface area contributed by atoms with Crippen molar-refractivity contribution >= 4 is 29.2 Å². The number of thioether (sulfide) groups is 1. The predicted octanol–water partition coefficient (Wildman–Crippen LogP) is 2.22. The molecule has 0 aliphatic rings. The summed E-state index contributed by atoms with van der Waals surface area (Å²) in [5, 5.41) is 3.45. The summed E-state index contributed by atoms with van der Waals surface area (Å²) in [6, 6.07) is 0. The molecular formula is C10H12ClN3S. The van der Waals surface area contributed by atoms with Gasteiger partial charge in [-0.15, -0.1) is 18.2 Å². The molecule has 1 aromatic rings. The van der Waals surface area contributed by atoms with Crippen molar-refractivity contribution in [2.45, 2.75) is 6.92 Å². The van der Waals surface area contributed by atoms with Gasteiger partial charge in [0.1, 0.15) is 5.82 Å². The van der Waals surface area contributed by atoms with E-state index in [0.717, 1.165) is 29.4 Å². The second-order valence-electron chi connectivity index (χ2n) is 2.85. The second kappa shape index (κ2) is 6.54. The van der Waals surface area contributed by atoms with Gasteiger partial charge >= 0.3 is 0 Å². The molecule has 15 heavy (non-hydrogen) atoms. The zero-order valence-electron chi connectivity index (χ0n) is 8.46. The maximum Gasteiger partial charge on any atom is 0.224 e. The molecule has 0 aliphatic carbocycles. The monoisotopic (exact) mass is 241 g/mol. The minimum Gasteiger partial charge on any atom is -0.369 e. The van der Waals surface area contributed by atoms with Gasteiger partial charge in [0.2, 0.25) is 5.28 Å². The minimum atomic E-state index is 0.263. The Morgan fingerprint density at radius 2 is 2.47 bits per heavy atom. The third-order valence-corrected chi connectivity index (χ3v) is 2.71. The number of hydrogen-bond donors (Lipinski definition) is 1. The molecule has 0 radical (unpaired) electrons. The molecule has 0 fully saturated rings. The summed E-state index contributed by atoms with van der Waals surface area (Å²) < 4.78 is 0. The van der Waals surface area contributed by atoms with Crippen LogP contribution in [0.4, 0.5) is 5.82 Å². The van der Waals surface area contributed by atoms with Crippen LogP contribution >= 0.6 is 23.4 Å². The van der Waals surface area contributed by atoms with E-state index in [4.69, 9.17) is 18.0 Å². The highest BCUT2D eigenvalue weighted by Crippen LogP contribution is 2.12. The fraction of sp³-hybridized carbons (Fsp3) is 0.400. The van der Waals surface area contributed by atoms with Crippen molar-refractivity contribution in [2.24, 2.45) is 0 Å². The number of anilines is 1. The molecule has 5 heteroatoms. The first-order valence-corrected chi connectivity index (χ1v) is 6.01. The highest BCUT2D eigenvalue weighted by Gasteiger charge is 2.00. The van der Waals surface area contributed by atoms with E-state index in [-0.39, 0.29) is 5.28 Å². The molecule has 0 unspecified atom stereocenters. The summed E-state index contributed by atoms with van der Waals surface area (Å²) in [7, 11) is 0. The number of aryl methyl sites for hydroxylation is 1. The molecule has 0 aliphatic heterocycles. The molecule has 0 atom stereocenters. The van der Waals surface area contributed by atoms with Crippen LogP contribution in [0.15, 0.2) is 6.20 Å². The highest BCUT2D eigenvalue weighted by molar-refractivity contribution is 7.99. The van der Waals surface area contributed by atoms with Crippen molar-refractivity contribution in [1.29, 1.82) is 0 Å². The Morgan fingerprint density at radius 3 is 3.20 bits per heavy atom. The fourth-order valence-corrected chi connectivity index (χ4v) is 1.61. The average Bonchev–Trinajstić information content (AvgIpc) is 2.23. The Kier molecular flexibility index (Phi) is 5.30. The number of terminal acetylenes is 1. The van der Waals surface area contributed by atoms with Crippen LogP contribution in [0, 0.1) is 19.3 Å². The van der Waals surface area contributed by atoms with Gasteiger partial charge in [-0.2, -0.15) is 0 Å². The number of hydrogen-bond acceptors (Lipinski definition) is 4. The lowest BCUT2D eigenvalue weighted by atomic mass is 10.3. The molecule has 0 amide bonds. The van der Waals surface area contributed by atoms with Gasteiger partial charge in [-0.1, -0.05) is 5.92 Å². The molecule has 3 nitrogen and oxygen atoms in total. The molecule has 0 saturated carbocycles. The van der Waals surface area contributed by atoms with E-state index >= 15 is 0 Å². The molecule has 80 valence electrons. The van der Waals surface area contributed by atoms with Gasteiger partial charge in [0.15, 0.2) is 0 Å². The van der Waals surface area contributed by atoms with Crippen LogP contribution in [-0.4, -0.2) is 28.0 Å². The molecule has 1 heterocycles. The zero-order chi connectivity index (χ0) is 11.1. The Balaban J connectivity index is 2.37. The quantitative estimate of drug-likeness (QED) is 0.487. The van der Waals surface area contributed by atoms with Crippen LogP contribution in [0.5, 0.6) is 0 Å². The number of aromatic nitrogens is 2. The molecule has 0 aromatic carbocycles. The lowest BCUT2D eigenvalue weighted by molar-refractivity contribution is 1.09. The van der Waals surface area contributed by atoms with Crippen molar-refractivity contribution < 1.29 is 0 Å². The lowest BCUT2D eigenvalue weighted by Crippen LogP contribution is -2.07. The predicted molar refractivity (Wildman–Crippen MR) is 66.4 cm³/mol. The fourth-order valence-electron chi connectivity index (χ4n) is 0.972. The van der Waals surface area contributed by atoms with Gasteiger partial charge in [0.05, 0.1) is 5.75 Å². The largest absolute Gasteiger partial charge is 0.369 e. The van der Waals surface area contributed by atoms with Gasteiger partial charge in [-0.25, -0.2) is 9.97 Å². The third kappa shape index (κ3) is 4.41. The zero-order valence-corrected chi connectivity index (χ0v) is 10.0. The van der Waals surface area contributed by atoms with Crippen LogP contribution < -0.4 is 5.32 Å². The van der Waals surface area contributed by atoms with E-state index in [1.807, 2.05) is 6.92 Å². The normalized spacial score (nSPS) is 9.67. The van der Waals surface area contributed by atoms with Gasteiger partial charge < -0.3 is 5.32 Å². The Hall–Kier alpha value is -0.920. The maximum absolute atomic E-state index is 5.69. The molecule has 0 spiro atoms. The van der Waals surface area contributed by atoms with E-state index in [1.54, 1.807) is 18.0 Å². The van der Waals surface area contributed by atoms with Crippen LogP contribution in [0.25, 0.3) is 0 Å². The number of halogens is 1. The molecule has 1 N–H and O–H groups in total. The first-order chi connectivity index (χ1) is 7.24. The van der Waals surface area contributed by atoms with Gasteiger partial charge in [-0.3, -0.25) is 0 Å². The minimum absolute atomic E-state index is 0.263. The number of nitrogens with one attached hydrogen (secondary N) is 1. The van der Waals surface area contributed by atoms with Crippen LogP contribution in [0.3, 0.4) is 0 Å². The summed E-state index contributed by atoms with van der Waals surface area (Å²) in [5.74, 6) is 5.05. The molecule has 1 aromatic heterocycles. The second-order valence-corrected chi connectivity index (χ2v) is 4.30. The Bertz CT molecular complexity index is 362. The van der Waals surface area contributed by atoms with Crippen molar-refractivity contribution in [1.82, 2.24) is 9.97 Å². The van der Waals surface area contributed by atoms with E-state index in [0.29, 0.717) is 0 Å². The van der Waals surface area contributed by atoms with E-state index in [2.05, 4.69) is 21.2 Å². The number of nitrogens with zero attached hydrogens (tertiary/aromatic N) is 2. The van der Waals surface area contributed by atoms with E-state index < -0.39 is 0 Å². The Morgan fingerprint density at radius 1 is 1.67 bits per heavy atom. The maximum atomic E-state index is 5.69. The van der Waals surface area contributed by atoms with Gasteiger partial charge in [-0.05, 0) is 18.5 Å². The smallest absolute Gasteiger partial charge is 0.224 e. The van der Waals surface area contributed by atoms with Gasteiger partial charge in [0.25, 0.3) is 0 Å². The number of rotatable bonds is 5. The Labute approximate surface area is 99.0 Å². The third-order valence-electron chi connectivity index (χ3n) is 1.67. The summed E-state index contributed by atoms with van der Waals surface area (Å²) >= 11 is 7.39. The summed E-state index contributed by atoms with van der Waals surface area (Å²) in [6.45, 7) is 2.76. The SMILES string of the molecule is C#CCSCCNc1nc(Cl)ncc1C. The first kappa shape index (κ1) is 12.2. The molecule has 0 bridgehead atoms. The van der Waals surface area contributed by atoms with Crippen LogP contribution in [0.1, 0.15) is 5.56 Å². The van der Waals surface area contributed by atoms with Crippen molar-refractivity contribution in [3.8, 4) is 12.3 Å². The average molecular weight is 242 g/mol. The summed E-state index contributed by atoms with van der Waals surface area (Å²) in [4.78, 5) is 7.96. The summed E-state index contributed by atoms with van der Waals surface area (Å²) in [6.07, 6.45) is 6.84. The molecule has 0 saturated heterocycles. The first-order valence-electron chi connectivity index (χ1n) is 4.48. The van der Waals surface area contributed by atoms with Crippen molar-refractivity contribution in [3.63, 3.8) is 0 Å². The van der Waals surface area contributed by atoms with Gasteiger partial charge in [0, 0.05) is 24.1 Å². The topological polar surface area (TPSA) is 37.8 Å². The lowest BCUT2D eigenvalue weighted by Gasteiger charge is -2.07. The molecular weight excluding hydrogens is 230 g/mol. The van der Waals surface area contributed by atoms with Crippen LogP contribution in [0.2, 0.25) is 5.28 Å². The molecule has 1 rings (SSSR count). The summed E-state index contributed by atoms with van der Waals surface area (Å²) in [5.41, 5.74) is 0.987. The highest BCUT2D eigenvalue weighted by atomic mass is 35.5. The van der Waals surface area contributed by atoms with E-state index in [9.17, 15) is 0 Å². The van der Waals surface area contributed by atoms with Crippen LogP contribution in [-0.2, 0) is 0 Å². The van der Waals surface area contributed by atoms with E-state index in [1.165, 1.54) is 0 Å². The van der Waals surface area contributed by atoms with Crippen molar-refractivity contribution in [2.75, 3.05) is 23.4 Å². The standard InChI is InChI=1S/C10H12ClN3S/c1-3-5-15-6-4-12-9-8(2)7-13-10(11)14-9/h1,7H,4-6H2,2H3,(H,12,13,14). The van der Waals surface area contributed by atoms with Crippen molar-refractivity contribution in [3.05, 3.63) is 17.0 Å².